The molecule has 1 aromatic heterocycles. The van der Waals surface area contributed by atoms with Crippen LogP contribution in [-0.4, -0.2) is 23.3 Å². The van der Waals surface area contributed by atoms with Crippen molar-refractivity contribution in [2.45, 2.75) is 19.9 Å². The number of methoxy groups -OCH3 is 1. The van der Waals surface area contributed by atoms with Gasteiger partial charge in [0.2, 0.25) is 5.82 Å². The molecule has 0 spiro atoms. The molecule has 0 saturated heterocycles. The minimum atomic E-state index is -0.509. The number of aromatic nitrogens is 2. The molecule has 1 aliphatic rings. The summed E-state index contributed by atoms with van der Waals surface area (Å²) in [6.07, 6.45) is 0. The number of nitrogens with zero attached hydrogens (tertiary/aromatic N) is 3. The summed E-state index contributed by atoms with van der Waals surface area (Å²) in [4.78, 5) is 19.4. The van der Waals surface area contributed by atoms with Crippen molar-refractivity contribution in [2.24, 2.45) is 0 Å². The van der Waals surface area contributed by atoms with E-state index in [1.807, 2.05) is 61.5 Å². The van der Waals surface area contributed by atoms with Crippen molar-refractivity contribution in [3.8, 4) is 17.1 Å². The van der Waals surface area contributed by atoms with Gasteiger partial charge in [0, 0.05) is 11.3 Å². The standard InChI is InChI=1S/C27H23FN4O3/c1-16-15-20(11-14-22(16)28)32-17(2)23(24(29-27(32)33)18-7-5-4-6-8-18)26-30-25(31-35-26)19-9-12-21(34-3)13-10-19/h4-15,24H,1-3H3,(H,29,33). The number of hydrogen-bond donors (Lipinski definition) is 1. The van der Waals surface area contributed by atoms with Crippen LogP contribution in [0.4, 0.5) is 14.9 Å². The lowest BCUT2D eigenvalue weighted by Gasteiger charge is -2.35. The van der Waals surface area contributed by atoms with Gasteiger partial charge >= 0.3 is 6.03 Å². The molecule has 176 valence electrons. The van der Waals surface area contributed by atoms with Crippen LogP contribution in [0, 0.1) is 12.7 Å². The normalized spacial score (nSPS) is 15.8. The van der Waals surface area contributed by atoms with E-state index in [-0.39, 0.29) is 17.7 Å². The van der Waals surface area contributed by atoms with Gasteiger partial charge in [-0.3, -0.25) is 4.90 Å². The summed E-state index contributed by atoms with van der Waals surface area (Å²) in [6, 6.07) is 20.6. The fourth-order valence-electron chi connectivity index (χ4n) is 4.18. The second kappa shape index (κ2) is 9.06. The van der Waals surface area contributed by atoms with Crippen molar-refractivity contribution in [3.05, 3.63) is 101 Å². The Labute approximate surface area is 201 Å². The number of ether oxygens (including phenoxy) is 1. The molecule has 0 bridgehead atoms. The summed E-state index contributed by atoms with van der Waals surface area (Å²) < 4.78 is 24.9. The SMILES string of the molecule is COc1ccc(-c2noc(C3=C(C)N(c4ccc(F)c(C)c4)C(=O)NC3c3ccccc3)n2)cc1. The minimum Gasteiger partial charge on any atom is -0.497 e. The van der Waals surface area contributed by atoms with Gasteiger partial charge in [-0.05, 0) is 67.4 Å². The van der Waals surface area contributed by atoms with E-state index in [9.17, 15) is 9.18 Å². The van der Waals surface area contributed by atoms with Crippen molar-refractivity contribution in [3.63, 3.8) is 0 Å². The van der Waals surface area contributed by atoms with E-state index in [0.717, 1.165) is 16.9 Å². The number of nitrogens with one attached hydrogen (secondary N) is 1. The molecular formula is C27H23FN4O3. The number of allylic oxidation sites excluding steroid dienone is 1. The van der Waals surface area contributed by atoms with Gasteiger partial charge < -0.3 is 14.6 Å². The van der Waals surface area contributed by atoms with Crippen LogP contribution in [0.5, 0.6) is 5.75 Å². The van der Waals surface area contributed by atoms with E-state index < -0.39 is 6.04 Å². The summed E-state index contributed by atoms with van der Waals surface area (Å²) in [5.41, 5.74) is 3.88. The van der Waals surface area contributed by atoms with Crippen LogP contribution in [0.2, 0.25) is 0 Å². The van der Waals surface area contributed by atoms with Crippen LogP contribution >= 0.6 is 0 Å². The van der Waals surface area contributed by atoms with Crippen LogP contribution in [-0.2, 0) is 0 Å². The Morgan fingerprint density at radius 1 is 1.03 bits per heavy atom. The second-order valence-corrected chi connectivity index (χ2v) is 8.21. The monoisotopic (exact) mass is 470 g/mol. The Morgan fingerprint density at radius 2 is 1.77 bits per heavy atom. The van der Waals surface area contributed by atoms with Crippen LogP contribution in [0.15, 0.2) is 83.0 Å². The Morgan fingerprint density at radius 3 is 2.46 bits per heavy atom. The molecule has 3 aromatic carbocycles. The number of carbonyl (C=O) groups excluding carboxylic acids is 1. The van der Waals surface area contributed by atoms with E-state index in [1.165, 1.54) is 11.0 Å². The molecule has 5 rings (SSSR count). The van der Waals surface area contributed by atoms with Crippen LogP contribution in [0.3, 0.4) is 0 Å². The zero-order valence-corrected chi connectivity index (χ0v) is 19.4. The molecule has 1 aliphatic heterocycles. The first-order valence-corrected chi connectivity index (χ1v) is 11.1. The van der Waals surface area contributed by atoms with E-state index in [2.05, 4.69) is 15.5 Å². The van der Waals surface area contributed by atoms with Gasteiger partial charge in [0.25, 0.3) is 5.89 Å². The Balaban J connectivity index is 1.63. The largest absolute Gasteiger partial charge is 0.497 e. The van der Waals surface area contributed by atoms with Crippen LogP contribution in [0.1, 0.15) is 30.0 Å². The van der Waals surface area contributed by atoms with Gasteiger partial charge in [0.1, 0.15) is 11.6 Å². The van der Waals surface area contributed by atoms with Crippen molar-refractivity contribution in [1.82, 2.24) is 15.5 Å². The third-order valence-electron chi connectivity index (χ3n) is 6.02. The van der Waals surface area contributed by atoms with E-state index in [1.54, 1.807) is 26.2 Å². The molecule has 1 unspecified atom stereocenters. The summed E-state index contributed by atoms with van der Waals surface area (Å²) in [5.74, 6) is 1.08. The minimum absolute atomic E-state index is 0.283. The quantitative estimate of drug-likeness (QED) is 0.393. The van der Waals surface area contributed by atoms with Crippen molar-refractivity contribution < 1.29 is 18.4 Å². The van der Waals surface area contributed by atoms with Crippen LogP contribution in [0.25, 0.3) is 17.0 Å². The molecule has 2 amide bonds. The molecule has 1 N–H and O–H groups in total. The number of amides is 2. The predicted octanol–water partition coefficient (Wildman–Crippen LogP) is 5.89. The molecular weight excluding hydrogens is 447 g/mol. The molecule has 1 atom stereocenters. The third-order valence-corrected chi connectivity index (χ3v) is 6.02. The lowest BCUT2D eigenvalue weighted by atomic mass is 9.94. The van der Waals surface area contributed by atoms with Crippen molar-refractivity contribution >= 4 is 17.3 Å². The number of halogens is 1. The third kappa shape index (κ3) is 4.14. The smallest absolute Gasteiger partial charge is 0.326 e. The maximum Gasteiger partial charge on any atom is 0.326 e. The highest BCUT2D eigenvalue weighted by atomic mass is 19.1. The average molecular weight is 471 g/mol. The zero-order chi connectivity index (χ0) is 24.5. The first-order valence-electron chi connectivity index (χ1n) is 11.1. The molecule has 2 heterocycles. The van der Waals surface area contributed by atoms with E-state index in [0.29, 0.717) is 28.3 Å². The Bertz CT molecular complexity index is 1410. The second-order valence-electron chi connectivity index (χ2n) is 8.21. The molecule has 0 saturated carbocycles. The Kier molecular flexibility index (Phi) is 5.78. The maximum absolute atomic E-state index is 13.9. The fourth-order valence-corrected chi connectivity index (χ4v) is 4.18. The summed E-state index contributed by atoms with van der Waals surface area (Å²) in [6.45, 7) is 3.48. The summed E-state index contributed by atoms with van der Waals surface area (Å²) in [7, 11) is 1.60. The van der Waals surface area contributed by atoms with Crippen LogP contribution < -0.4 is 15.0 Å². The lowest BCUT2D eigenvalue weighted by Crippen LogP contribution is -2.46. The first kappa shape index (κ1) is 22.3. The Hall–Kier alpha value is -4.46. The number of aryl methyl sites for hydroxylation is 1. The number of rotatable bonds is 5. The van der Waals surface area contributed by atoms with Gasteiger partial charge in [-0.15, -0.1) is 0 Å². The predicted molar refractivity (Wildman–Crippen MR) is 130 cm³/mol. The van der Waals surface area contributed by atoms with Gasteiger partial charge in [-0.25, -0.2) is 9.18 Å². The molecule has 4 aromatic rings. The molecule has 7 nitrogen and oxygen atoms in total. The lowest BCUT2D eigenvalue weighted by molar-refractivity contribution is 0.244. The van der Waals surface area contributed by atoms with Gasteiger partial charge in [-0.2, -0.15) is 4.98 Å². The highest BCUT2D eigenvalue weighted by molar-refractivity contribution is 6.01. The highest BCUT2D eigenvalue weighted by Gasteiger charge is 2.36. The number of carbonyl (C=O) groups is 1. The zero-order valence-electron chi connectivity index (χ0n) is 19.4. The van der Waals surface area contributed by atoms with Gasteiger partial charge in [0.05, 0.1) is 24.4 Å². The highest BCUT2D eigenvalue weighted by Crippen LogP contribution is 2.39. The molecule has 0 fully saturated rings. The number of urea groups is 1. The van der Waals surface area contributed by atoms with E-state index in [4.69, 9.17) is 9.26 Å². The number of hydrogen-bond acceptors (Lipinski definition) is 5. The fraction of sp³-hybridized carbons (Fsp3) is 0.148. The molecule has 0 aliphatic carbocycles. The number of anilines is 1. The van der Waals surface area contributed by atoms with Crippen molar-refractivity contribution in [2.75, 3.05) is 12.0 Å². The number of benzene rings is 3. The molecule has 8 heteroatoms. The van der Waals surface area contributed by atoms with Gasteiger partial charge in [-0.1, -0.05) is 35.5 Å². The average Bonchev–Trinajstić information content (AvgIpc) is 3.36. The first-order chi connectivity index (χ1) is 17.0. The summed E-state index contributed by atoms with van der Waals surface area (Å²) in [5, 5.41) is 7.23. The molecule has 35 heavy (non-hydrogen) atoms. The van der Waals surface area contributed by atoms with Gasteiger partial charge in [0.15, 0.2) is 0 Å². The summed E-state index contributed by atoms with van der Waals surface area (Å²) >= 11 is 0. The van der Waals surface area contributed by atoms with E-state index >= 15 is 0 Å². The van der Waals surface area contributed by atoms with Crippen molar-refractivity contribution in [1.29, 1.82) is 0 Å². The molecule has 0 radical (unpaired) electrons. The maximum atomic E-state index is 13.9. The topological polar surface area (TPSA) is 80.5 Å².